The Hall–Kier alpha value is -1.92. The molecule has 1 heterocycles. The molecule has 0 unspecified atom stereocenters. The third-order valence-electron chi connectivity index (χ3n) is 2.94. The fraction of sp³-hybridized carbons (Fsp3) is 0.385. The molecule has 1 aromatic carbocycles. The van der Waals surface area contributed by atoms with Crippen molar-refractivity contribution in [3.63, 3.8) is 0 Å². The molecule has 6 heteroatoms. The lowest BCUT2D eigenvalue weighted by atomic mass is 10.0. The Kier molecular flexibility index (Phi) is 3.82. The van der Waals surface area contributed by atoms with Gasteiger partial charge in [0.1, 0.15) is 6.61 Å². The summed E-state index contributed by atoms with van der Waals surface area (Å²) in [6.07, 6.45) is 0. The van der Waals surface area contributed by atoms with E-state index in [2.05, 4.69) is 10.6 Å². The highest BCUT2D eigenvalue weighted by atomic mass is 16.5. The number of carboxylic acid groups (broad SMARTS) is 1. The molecule has 0 aromatic heterocycles. The normalized spacial score (nSPS) is 16.5. The number of amides is 1. The predicted molar refractivity (Wildman–Crippen MR) is 69.3 cm³/mol. The number of hydrogen-bond donors (Lipinski definition) is 3. The molecule has 19 heavy (non-hydrogen) atoms. The summed E-state index contributed by atoms with van der Waals surface area (Å²) in [7, 11) is 0. The highest BCUT2D eigenvalue weighted by Crippen LogP contribution is 2.15. The van der Waals surface area contributed by atoms with Crippen molar-refractivity contribution in [2.24, 2.45) is 0 Å². The van der Waals surface area contributed by atoms with Crippen molar-refractivity contribution in [3.8, 4) is 0 Å². The van der Waals surface area contributed by atoms with Crippen LogP contribution in [-0.2, 0) is 9.53 Å². The summed E-state index contributed by atoms with van der Waals surface area (Å²) in [5.74, 6) is -1.32. The second-order valence-corrected chi connectivity index (χ2v) is 4.78. The minimum Gasteiger partial charge on any atom is -0.478 e. The first-order valence-electron chi connectivity index (χ1n) is 5.96. The lowest BCUT2D eigenvalue weighted by Crippen LogP contribution is -2.59. The number of rotatable bonds is 5. The maximum atomic E-state index is 11.7. The molecule has 1 aliphatic rings. The van der Waals surface area contributed by atoms with Crippen LogP contribution < -0.4 is 10.6 Å². The highest BCUT2D eigenvalue weighted by Gasteiger charge is 2.32. The summed E-state index contributed by atoms with van der Waals surface area (Å²) in [5.41, 5.74) is 0.305. The van der Waals surface area contributed by atoms with Gasteiger partial charge in [0.05, 0.1) is 11.2 Å². The second-order valence-electron chi connectivity index (χ2n) is 4.78. The molecule has 1 amide bonds. The number of aromatic carboxylic acids is 1. The lowest BCUT2D eigenvalue weighted by Gasteiger charge is -2.38. The van der Waals surface area contributed by atoms with Crippen molar-refractivity contribution in [1.82, 2.24) is 5.32 Å². The molecule has 0 radical (unpaired) electrons. The Morgan fingerprint density at radius 3 is 2.79 bits per heavy atom. The van der Waals surface area contributed by atoms with E-state index >= 15 is 0 Å². The van der Waals surface area contributed by atoms with Gasteiger partial charge in [-0.3, -0.25) is 4.79 Å². The van der Waals surface area contributed by atoms with E-state index in [4.69, 9.17) is 9.84 Å². The zero-order valence-corrected chi connectivity index (χ0v) is 10.6. The molecule has 102 valence electrons. The SMILES string of the molecule is CC1(OCC(=O)Nc2cccc(C(=O)O)c2)CNC1. The van der Waals surface area contributed by atoms with Crippen LogP contribution in [0.5, 0.6) is 0 Å². The number of carboxylic acids is 1. The van der Waals surface area contributed by atoms with E-state index in [0.717, 1.165) is 13.1 Å². The maximum absolute atomic E-state index is 11.7. The average molecular weight is 264 g/mol. The number of hydrogen-bond acceptors (Lipinski definition) is 4. The Morgan fingerprint density at radius 2 is 2.21 bits per heavy atom. The van der Waals surface area contributed by atoms with Gasteiger partial charge in [-0.15, -0.1) is 0 Å². The van der Waals surface area contributed by atoms with Crippen molar-refractivity contribution in [3.05, 3.63) is 29.8 Å². The fourth-order valence-electron chi connectivity index (χ4n) is 1.75. The van der Waals surface area contributed by atoms with Crippen LogP contribution in [0.3, 0.4) is 0 Å². The van der Waals surface area contributed by atoms with Crippen molar-refractivity contribution < 1.29 is 19.4 Å². The molecule has 0 atom stereocenters. The predicted octanol–water partition coefficient (Wildman–Crippen LogP) is 0.702. The molecule has 0 saturated carbocycles. The molecule has 0 spiro atoms. The van der Waals surface area contributed by atoms with Crippen molar-refractivity contribution in [1.29, 1.82) is 0 Å². The van der Waals surface area contributed by atoms with Gasteiger partial charge in [-0.05, 0) is 25.1 Å². The molecule has 0 bridgehead atoms. The van der Waals surface area contributed by atoms with Gasteiger partial charge >= 0.3 is 5.97 Å². The molecule has 1 fully saturated rings. The summed E-state index contributed by atoms with van der Waals surface area (Å²) in [5, 5.41) is 14.5. The van der Waals surface area contributed by atoms with Gasteiger partial charge in [-0.1, -0.05) is 6.07 Å². The number of benzene rings is 1. The summed E-state index contributed by atoms with van der Waals surface area (Å²) in [6.45, 7) is 3.35. The summed E-state index contributed by atoms with van der Waals surface area (Å²) >= 11 is 0. The van der Waals surface area contributed by atoms with Gasteiger partial charge in [0.2, 0.25) is 5.91 Å². The molecular weight excluding hydrogens is 248 g/mol. The lowest BCUT2D eigenvalue weighted by molar-refractivity contribution is -0.130. The fourth-order valence-corrected chi connectivity index (χ4v) is 1.75. The van der Waals surface area contributed by atoms with E-state index in [1.165, 1.54) is 12.1 Å². The topological polar surface area (TPSA) is 87.7 Å². The standard InChI is InChI=1S/C13H16N2O4/c1-13(7-14-8-13)19-6-11(16)15-10-4-2-3-9(5-10)12(17)18/h2-5,14H,6-8H2,1H3,(H,15,16)(H,17,18). The van der Waals surface area contributed by atoms with E-state index in [-0.39, 0.29) is 23.7 Å². The molecule has 0 aliphatic carbocycles. The van der Waals surface area contributed by atoms with Crippen molar-refractivity contribution in [2.75, 3.05) is 25.0 Å². The quantitative estimate of drug-likeness (QED) is 0.728. The first kappa shape index (κ1) is 13.5. The summed E-state index contributed by atoms with van der Waals surface area (Å²) in [6, 6.07) is 6.09. The number of carbonyl (C=O) groups excluding carboxylic acids is 1. The van der Waals surface area contributed by atoms with Crippen molar-refractivity contribution in [2.45, 2.75) is 12.5 Å². The number of nitrogens with one attached hydrogen (secondary N) is 2. The number of anilines is 1. The van der Waals surface area contributed by atoms with Gasteiger partial charge in [0, 0.05) is 18.8 Å². The molecule has 6 nitrogen and oxygen atoms in total. The molecule has 1 saturated heterocycles. The molecule has 1 aliphatic heterocycles. The summed E-state index contributed by atoms with van der Waals surface area (Å²) < 4.78 is 5.49. The monoisotopic (exact) mass is 264 g/mol. The van der Waals surface area contributed by atoms with Crippen LogP contribution in [0.15, 0.2) is 24.3 Å². The van der Waals surface area contributed by atoms with Crippen LogP contribution in [0.4, 0.5) is 5.69 Å². The second kappa shape index (κ2) is 5.38. The van der Waals surface area contributed by atoms with Gasteiger partial charge < -0.3 is 20.5 Å². The van der Waals surface area contributed by atoms with Crippen molar-refractivity contribution >= 4 is 17.6 Å². The van der Waals surface area contributed by atoms with Crippen LogP contribution in [0.2, 0.25) is 0 Å². The minimum atomic E-state index is -1.03. The van der Waals surface area contributed by atoms with Gasteiger partial charge in [-0.25, -0.2) is 4.79 Å². The zero-order valence-electron chi connectivity index (χ0n) is 10.6. The van der Waals surface area contributed by atoms with Crippen LogP contribution >= 0.6 is 0 Å². The van der Waals surface area contributed by atoms with Crippen LogP contribution in [-0.4, -0.2) is 42.3 Å². The molecule has 3 N–H and O–H groups in total. The van der Waals surface area contributed by atoms with Crippen LogP contribution in [0, 0.1) is 0 Å². The Labute approximate surface area is 110 Å². The van der Waals surface area contributed by atoms with E-state index in [1.807, 2.05) is 6.92 Å². The average Bonchev–Trinajstić information content (AvgIpc) is 2.34. The number of carbonyl (C=O) groups is 2. The van der Waals surface area contributed by atoms with Crippen LogP contribution in [0.25, 0.3) is 0 Å². The Morgan fingerprint density at radius 1 is 1.47 bits per heavy atom. The number of ether oxygens (including phenoxy) is 1. The maximum Gasteiger partial charge on any atom is 0.335 e. The Balaban J connectivity index is 1.88. The first-order chi connectivity index (χ1) is 8.98. The third kappa shape index (κ3) is 3.52. The van der Waals surface area contributed by atoms with Gasteiger partial charge in [0.25, 0.3) is 0 Å². The van der Waals surface area contributed by atoms with Gasteiger partial charge in [-0.2, -0.15) is 0 Å². The molecule has 2 rings (SSSR count). The Bertz CT molecular complexity index is 497. The van der Waals surface area contributed by atoms with Crippen LogP contribution in [0.1, 0.15) is 17.3 Å². The largest absolute Gasteiger partial charge is 0.478 e. The molecular formula is C13H16N2O4. The first-order valence-corrected chi connectivity index (χ1v) is 5.96. The van der Waals surface area contributed by atoms with Gasteiger partial charge in [0.15, 0.2) is 0 Å². The molecule has 1 aromatic rings. The highest BCUT2D eigenvalue weighted by molar-refractivity contribution is 5.94. The van der Waals surface area contributed by atoms with E-state index in [1.54, 1.807) is 12.1 Å². The minimum absolute atomic E-state index is 0.0462. The smallest absolute Gasteiger partial charge is 0.335 e. The third-order valence-corrected chi connectivity index (χ3v) is 2.94. The van der Waals surface area contributed by atoms with E-state index in [0.29, 0.717) is 5.69 Å². The van der Waals surface area contributed by atoms with E-state index in [9.17, 15) is 9.59 Å². The van der Waals surface area contributed by atoms with E-state index < -0.39 is 5.97 Å². The summed E-state index contributed by atoms with van der Waals surface area (Å²) in [4.78, 5) is 22.5. The zero-order chi connectivity index (χ0) is 13.9.